The predicted octanol–water partition coefficient (Wildman–Crippen LogP) is 4.21. The molecule has 1 unspecified atom stereocenters. The van der Waals surface area contributed by atoms with Crippen LogP contribution in [0.3, 0.4) is 0 Å². The molecule has 2 nitrogen and oxygen atoms in total. The average molecular weight is 302 g/mol. The van der Waals surface area contributed by atoms with Gasteiger partial charge in [0.05, 0.1) is 6.04 Å². The summed E-state index contributed by atoms with van der Waals surface area (Å²) in [6.07, 6.45) is 2.43. The highest BCUT2D eigenvalue weighted by molar-refractivity contribution is 5.44. The Morgan fingerprint density at radius 2 is 1.68 bits per heavy atom. The summed E-state index contributed by atoms with van der Waals surface area (Å²) in [5.74, 6) is -1.63. The summed E-state index contributed by atoms with van der Waals surface area (Å²) in [5.41, 5.74) is 1.86. The highest BCUT2D eigenvalue weighted by Crippen LogP contribution is 2.25. The molecular weight excluding hydrogens is 282 g/mol. The van der Waals surface area contributed by atoms with Gasteiger partial charge in [-0.15, -0.1) is 0 Å². The minimum atomic E-state index is -0.817. The lowest BCUT2D eigenvalue weighted by molar-refractivity contribution is 0.256. The molecule has 116 valence electrons. The van der Waals surface area contributed by atoms with Gasteiger partial charge in [-0.25, -0.2) is 8.78 Å². The Kier molecular flexibility index (Phi) is 4.68. The van der Waals surface area contributed by atoms with E-state index < -0.39 is 11.6 Å². The van der Waals surface area contributed by atoms with Gasteiger partial charge in [0.15, 0.2) is 11.6 Å². The number of hydrogen-bond donors (Lipinski definition) is 1. The largest absolute Gasteiger partial charge is 0.383 e. The quantitative estimate of drug-likeness (QED) is 0.890. The number of hydrogen-bond acceptors (Lipinski definition) is 2. The number of likely N-dealkylation sites (tertiary alicyclic amines) is 1. The number of nitrogens with zero attached hydrogens (tertiary/aromatic N) is 1. The molecule has 4 heteroatoms. The van der Waals surface area contributed by atoms with Crippen molar-refractivity contribution < 1.29 is 8.78 Å². The van der Waals surface area contributed by atoms with Crippen LogP contribution in [0, 0.1) is 11.6 Å². The van der Waals surface area contributed by atoms with E-state index in [1.165, 1.54) is 24.5 Å². The second-order valence-corrected chi connectivity index (χ2v) is 5.68. The van der Waals surface area contributed by atoms with Crippen LogP contribution in [0.1, 0.15) is 24.4 Å². The maximum Gasteiger partial charge on any atom is 0.160 e. The number of rotatable bonds is 5. The van der Waals surface area contributed by atoms with Gasteiger partial charge in [0.2, 0.25) is 0 Å². The molecule has 1 aliphatic heterocycles. The minimum absolute atomic E-state index is 0.247. The van der Waals surface area contributed by atoms with Gasteiger partial charge in [-0.2, -0.15) is 0 Å². The zero-order chi connectivity index (χ0) is 15.4. The van der Waals surface area contributed by atoms with Crippen molar-refractivity contribution in [2.24, 2.45) is 0 Å². The van der Waals surface area contributed by atoms with Crippen molar-refractivity contribution in [1.82, 2.24) is 4.90 Å². The molecular formula is C18H20F2N2. The first-order valence-electron chi connectivity index (χ1n) is 7.72. The molecule has 0 saturated carbocycles. The van der Waals surface area contributed by atoms with Crippen molar-refractivity contribution >= 4 is 5.69 Å². The fourth-order valence-electron chi connectivity index (χ4n) is 3.01. The zero-order valence-electron chi connectivity index (χ0n) is 12.4. The van der Waals surface area contributed by atoms with E-state index in [2.05, 4.69) is 22.3 Å². The van der Waals surface area contributed by atoms with Crippen molar-refractivity contribution in [1.29, 1.82) is 0 Å². The predicted molar refractivity (Wildman–Crippen MR) is 84.8 cm³/mol. The number of anilines is 1. The van der Waals surface area contributed by atoms with Crippen molar-refractivity contribution in [3.05, 3.63) is 65.7 Å². The molecule has 0 radical (unpaired) electrons. The summed E-state index contributed by atoms with van der Waals surface area (Å²) < 4.78 is 26.3. The van der Waals surface area contributed by atoms with E-state index in [0.29, 0.717) is 12.2 Å². The van der Waals surface area contributed by atoms with Crippen LogP contribution >= 0.6 is 0 Å². The molecule has 1 N–H and O–H groups in total. The molecule has 1 saturated heterocycles. The minimum Gasteiger partial charge on any atom is -0.383 e. The van der Waals surface area contributed by atoms with Crippen molar-refractivity contribution in [3.63, 3.8) is 0 Å². The van der Waals surface area contributed by atoms with E-state index in [1.807, 2.05) is 18.2 Å². The van der Waals surface area contributed by atoms with Gasteiger partial charge < -0.3 is 5.32 Å². The molecule has 3 rings (SSSR count). The summed E-state index contributed by atoms with van der Waals surface area (Å²) in [5, 5.41) is 3.24. The smallest absolute Gasteiger partial charge is 0.160 e. The Hall–Kier alpha value is -1.94. The van der Waals surface area contributed by atoms with Crippen LogP contribution in [-0.4, -0.2) is 24.5 Å². The molecule has 0 bridgehead atoms. The highest BCUT2D eigenvalue weighted by Gasteiger charge is 2.23. The molecule has 0 amide bonds. The summed E-state index contributed by atoms with van der Waals surface area (Å²) in [6.45, 7) is 2.84. The fourth-order valence-corrected chi connectivity index (χ4v) is 3.01. The second kappa shape index (κ2) is 6.88. The van der Waals surface area contributed by atoms with Gasteiger partial charge >= 0.3 is 0 Å². The fraction of sp³-hybridized carbons (Fsp3) is 0.333. The zero-order valence-corrected chi connectivity index (χ0v) is 12.4. The Balaban J connectivity index is 1.73. The molecule has 0 aromatic heterocycles. The molecule has 22 heavy (non-hydrogen) atoms. The van der Waals surface area contributed by atoms with Gasteiger partial charge in [-0.05, 0) is 49.7 Å². The molecule has 2 aromatic carbocycles. The lowest BCUT2D eigenvalue weighted by Gasteiger charge is -2.28. The van der Waals surface area contributed by atoms with Crippen molar-refractivity contribution in [3.8, 4) is 0 Å². The molecule has 1 aliphatic rings. The summed E-state index contributed by atoms with van der Waals surface area (Å²) >= 11 is 0. The van der Waals surface area contributed by atoms with Crippen LogP contribution in [0.25, 0.3) is 0 Å². The molecule has 1 heterocycles. The van der Waals surface area contributed by atoms with Gasteiger partial charge in [0, 0.05) is 12.2 Å². The van der Waals surface area contributed by atoms with E-state index in [1.54, 1.807) is 6.07 Å². The maximum absolute atomic E-state index is 13.3. The topological polar surface area (TPSA) is 15.3 Å². The third-order valence-corrected chi connectivity index (χ3v) is 4.18. The summed E-state index contributed by atoms with van der Waals surface area (Å²) in [6, 6.07) is 14.5. The molecule has 0 aliphatic carbocycles. The van der Waals surface area contributed by atoms with Crippen LogP contribution < -0.4 is 5.32 Å². The molecule has 1 fully saturated rings. The second-order valence-electron chi connectivity index (χ2n) is 5.68. The van der Waals surface area contributed by atoms with E-state index in [-0.39, 0.29) is 6.04 Å². The Bertz CT molecular complexity index is 610. The first kappa shape index (κ1) is 15.0. The van der Waals surface area contributed by atoms with E-state index in [4.69, 9.17) is 0 Å². The van der Waals surface area contributed by atoms with Crippen LogP contribution in [0.15, 0.2) is 48.5 Å². The third-order valence-electron chi connectivity index (χ3n) is 4.18. The van der Waals surface area contributed by atoms with Crippen molar-refractivity contribution in [2.75, 3.05) is 25.0 Å². The lowest BCUT2D eigenvalue weighted by atomic mass is 10.1. The normalized spacial score (nSPS) is 16.6. The summed E-state index contributed by atoms with van der Waals surface area (Å²) in [4.78, 5) is 2.45. The monoisotopic (exact) mass is 302 g/mol. The SMILES string of the molecule is Fc1ccc(NCC(c2ccccc2)N2CCCC2)cc1F. The van der Waals surface area contributed by atoms with Crippen molar-refractivity contribution in [2.45, 2.75) is 18.9 Å². The maximum atomic E-state index is 13.3. The summed E-state index contributed by atoms with van der Waals surface area (Å²) in [7, 11) is 0. The Morgan fingerprint density at radius 1 is 0.955 bits per heavy atom. The Morgan fingerprint density at radius 3 is 2.36 bits per heavy atom. The van der Waals surface area contributed by atoms with Crippen LogP contribution in [0.2, 0.25) is 0 Å². The highest BCUT2D eigenvalue weighted by atomic mass is 19.2. The Labute approximate surface area is 129 Å². The average Bonchev–Trinajstić information content (AvgIpc) is 3.06. The van der Waals surface area contributed by atoms with E-state index >= 15 is 0 Å². The standard InChI is InChI=1S/C18H20F2N2/c19-16-9-8-15(12-17(16)20)21-13-18(22-10-4-5-11-22)14-6-2-1-3-7-14/h1-3,6-9,12,18,21H,4-5,10-11,13H2. The van der Waals surface area contributed by atoms with Gasteiger partial charge in [-0.1, -0.05) is 30.3 Å². The van der Waals surface area contributed by atoms with Crippen LogP contribution in [-0.2, 0) is 0 Å². The molecule has 0 spiro atoms. The van der Waals surface area contributed by atoms with Gasteiger partial charge in [-0.3, -0.25) is 4.90 Å². The van der Waals surface area contributed by atoms with Crippen LogP contribution in [0.4, 0.5) is 14.5 Å². The number of benzene rings is 2. The lowest BCUT2D eigenvalue weighted by Crippen LogP contribution is -2.31. The van der Waals surface area contributed by atoms with E-state index in [9.17, 15) is 8.78 Å². The first-order chi connectivity index (χ1) is 10.7. The molecule has 1 atom stereocenters. The van der Waals surface area contributed by atoms with E-state index in [0.717, 1.165) is 19.2 Å². The van der Waals surface area contributed by atoms with Gasteiger partial charge in [0.1, 0.15) is 0 Å². The number of halogens is 2. The van der Waals surface area contributed by atoms with Gasteiger partial charge in [0.25, 0.3) is 0 Å². The first-order valence-corrected chi connectivity index (χ1v) is 7.72. The number of nitrogens with one attached hydrogen (secondary N) is 1. The van der Waals surface area contributed by atoms with Crippen LogP contribution in [0.5, 0.6) is 0 Å². The third kappa shape index (κ3) is 3.45. The molecule has 2 aromatic rings.